The number of aldehydes is 1. The topological polar surface area (TPSA) is 38.3 Å². The molecule has 1 aromatic rings. The zero-order chi connectivity index (χ0) is 12.3. The van der Waals surface area contributed by atoms with E-state index in [1.165, 1.54) is 0 Å². The van der Waals surface area contributed by atoms with Gasteiger partial charge < -0.3 is 4.74 Å². The van der Waals surface area contributed by atoms with Crippen LogP contribution in [0.1, 0.15) is 31.9 Å². The van der Waals surface area contributed by atoms with Crippen molar-refractivity contribution in [3.05, 3.63) is 35.9 Å². The first kappa shape index (κ1) is 12.3. The zero-order valence-electron chi connectivity index (χ0n) is 10.3. The van der Waals surface area contributed by atoms with Gasteiger partial charge in [-0.2, -0.15) is 0 Å². The first-order chi connectivity index (χ1) is 8.20. The van der Waals surface area contributed by atoms with Crippen LogP contribution in [-0.2, 0) is 9.53 Å². The highest BCUT2D eigenvalue weighted by Gasteiger charge is 2.35. The Morgan fingerprint density at radius 1 is 1.35 bits per heavy atom. The van der Waals surface area contributed by atoms with Crippen molar-refractivity contribution >= 4 is 6.29 Å². The van der Waals surface area contributed by atoms with Gasteiger partial charge in [0.1, 0.15) is 6.10 Å². The van der Waals surface area contributed by atoms with E-state index in [2.05, 4.69) is 19.2 Å². The zero-order valence-corrected chi connectivity index (χ0v) is 10.3. The van der Waals surface area contributed by atoms with Crippen molar-refractivity contribution < 1.29 is 9.53 Å². The molecular formula is C14H19NO2. The molecule has 3 heteroatoms. The van der Waals surface area contributed by atoms with Gasteiger partial charge in [0, 0.05) is 6.04 Å². The Hall–Kier alpha value is -1.19. The second-order valence-corrected chi connectivity index (χ2v) is 4.93. The molecule has 1 aliphatic rings. The molecule has 1 aliphatic heterocycles. The molecule has 1 N–H and O–H groups in total. The second kappa shape index (κ2) is 5.43. The van der Waals surface area contributed by atoms with Crippen LogP contribution < -0.4 is 5.32 Å². The third kappa shape index (κ3) is 2.93. The lowest BCUT2D eigenvalue weighted by Crippen LogP contribution is -2.32. The van der Waals surface area contributed by atoms with E-state index in [-0.39, 0.29) is 12.1 Å². The molecule has 3 nitrogen and oxygen atoms in total. The Balaban J connectivity index is 2.15. The average Bonchev–Trinajstić information content (AvgIpc) is 2.72. The van der Waals surface area contributed by atoms with E-state index < -0.39 is 6.23 Å². The van der Waals surface area contributed by atoms with E-state index in [0.29, 0.717) is 5.92 Å². The lowest BCUT2D eigenvalue weighted by molar-refractivity contribution is -0.118. The second-order valence-electron chi connectivity index (χ2n) is 4.93. The smallest absolute Gasteiger partial charge is 0.165 e. The fourth-order valence-electron chi connectivity index (χ4n) is 2.31. The quantitative estimate of drug-likeness (QED) is 0.811. The highest BCUT2D eigenvalue weighted by Crippen LogP contribution is 2.30. The van der Waals surface area contributed by atoms with Crippen molar-refractivity contribution in [2.75, 3.05) is 0 Å². The van der Waals surface area contributed by atoms with E-state index in [1.807, 2.05) is 30.3 Å². The number of carbonyl (C=O) groups excluding carboxylic acids is 1. The molecule has 0 aliphatic carbocycles. The van der Waals surface area contributed by atoms with E-state index in [0.717, 1.165) is 18.3 Å². The summed E-state index contributed by atoms with van der Waals surface area (Å²) in [6.45, 7) is 4.36. The van der Waals surface area contributed by atoms with Gasteiger partial charge >= 0.3 is 0 Å². The minimum absolute atomic E-state index is 0.0196. The molecule has 3 atom stereocenters. The summed E-state index contributed by atoms with van der Waals surface area (Å²) >= 11 is 0. The number of rotatable bonds is 4. The summed E-state index contributed by atoms with van der Waals surface area (Å²) in [5.74, 6) is 0.577. The van der Waals surface area contributed by atoms with Gasteiger partial charge in [-0.3, -0.25) is 10.1 Å². The summed E-state index contributed by atoms with van der Waals surface area (Å²) in [4.78, 5) is 10.8. The van der Waals surface area contributed by atoms with E-state index >= 15 is 0 Å². The fourth-order valence-corrected chi connectivity index (χ4v) is 2.31. The summed E-state index contributed by atoms with van der Waals surface area (Å²) in [5, 5.41) is 3.23. The Kier molecular flexibility index (Phi) is 3.92. The molecule has 0 bridgehead atoms. The number of benzene rings is 1. The monoisotopic (exact) mass is 233 g/mol. The third-order valence-electron chi connectivity index (χ3n) is 3.01. The SMILES string of the molecule is CC(C)CC1NC(C=O)OC1c1ccccc1. The van der Waals surface area contributed by atoms with E-state index in [4.69, 9.17) is 4.74 Å². The number of hydrogen-bond donors (Lipinski definition) is 1. The van der Waals surface area contributed by atoms with Crippen LogP contribution in [0.25, 0.3) is 0 Å². The molecule has 17 heavy (non-hydrogen) atoms. The van der Waals surface area contributed by atoms with Crippen LogP contribution in [0, 0.1) is 5.92 Å². The Morgan fingerprint density at radius 3 is 2.65 bits per heavy atom. The standard InChI is InChI=1S/C14H19NO2/c1-10(2)8-12-14(17-13(9-16)15-12)11-6-4-3-5-7-11/h3-7,9-10,12-15H,8H2,1-2H3. The van der Waals surface area contributed by atoms with Crippen LogP contribution in [0.5, 0.6) is 0 Å². The number of hydrogen-bond acceptors (Lipinski definition) is 3. The van der Waals surface area contributed by atoms with Crippen LogP contribution in [0.15, 0.2) is 30.3 Å². The van der Waals surface area contributed by atoms with Gasteiger partial charge in [0.2, 0.25) is 0 Å². The number of carbonyl (C=O) groups is 1. The predicted molar refractivity (Wildman–Crippen MR) is 66.5 cm³/mol. The van der Waals surface area contributed by atoms with Crippen molar-refractivity contribution in [3.63, 3.8) is 0 Å². The van der Waals surface area contributed by atoms with Crippen LogP contribution >= 0.6 is 0 Å². The summed E-state index contributed by atoms with van der Waals surface area (Å²) in [6, 6.07) is 10.3. The van der Waals surface area contributed by atoms with Crippen molar-refractivity contribution in [2.24, 2.45) is 5.92 Å². The number of nitrogens with one attached hydrogen (secondary N) is 1. The van der Waals surface area contributed by atoms with Crippen LogP contribution in [0.2, 0.25) is 0 Å². The molecule has 1 aromatic carbocycles. The highest BCUT2D eigenvalue weighted by atomic mass is 16.5. The summed E-state index contributed by atoms with van der Waals surface area (Å²) in [5.41, 5.74) is 1.13. The van der Waals surface area contributed by atoms with Gasteiger partial charge in [0.05, 0.1) is 0 Å². The maximum Gasteiger partial charge on any atom is 0.165 e. The van der Waals surface area contributed by atoms with Crippen LogP contribution in [-0.4, -0.2) is 18.6 Å². The molecular weight excluding hydrogens is 214 g/mol. The van der Waals surface area contributed by atoms with Crippen molar-refractivity contribution in [2.45, 2.75) is 38.6 Å². The van der Waals surface area contributed by atoms with Gasteiger partial charge in [0.25, 0.3) is 0 Å². The molecule has 0 amide bonds. The van der Waals surface area contributed by atoms with E-state index in [1.54, 1.807) is 0 Å². The first-order valence-electron chi connectivity index (χ1n) is 6.12. The van der Waals surface area contributed by atoms with Gasteiger partial charge in [-0.1, -0.05) is 44.2 Å². The number of ether oxygens (including phenoxy) is 1. The third-order valence-corrected chi connectivity index (χ3v) is 3.01. The largest absolute Gasteiger partial charge is 0.347 e. The van der Waals surface area contributed by atoms with Gasteiger partial charge in [-0.15, -0.1) is 0 Å². The van der Waals surface area contributed by atoms with Crippen LogP contribution in [0.3, 0.4) is 0 Å². The predicted octanol–water partition coefficient (Wildman–Crippen LogP) is 2.29. The van der Waals surface area contributed by atoms with E-state index in [9.17, 15) is 4.79 Å². The summed E-state index contributed by atoms with van der Waals surface area (Å²) in [7, 11) is 0. The molecule has 0 radical (unpaired) electrons. The minimum atomic E-state index is -0.469. The molecule has 3 unspecified atom stereocenters. The minimum Gasteiger partial charge on any atom is -0.347 e. The molecule has 0 aromatic heterocycles. The normalized spacial score (nSPS) is 28.5. The molecule has 1 fully saturated rings. The van der Waals surface area contributed by atoms with Gasteiger partial charge in [-0.25, -0.2) is 0 Å². The highest BCUT2D eigenvalue weighted by molar-refractivity contribution is 5.56. The van der Waals surface area contributed by atoms with Crippen molar-refractivity contribution in [1.29, 1.82) is 0 Å². The maximum atomic E-state index is 10.8. The summed E-state index contributed by atoms with van der Waals surface area (Å²) < 4.78 is 5.73. The van der Waals surface area contributed by atoms with Crippen molar-refractivity contribution in [1.82, 2.24) is 5.32 Å². The maximum absolute atomic E-state index is 10.8. The molecule has 0 spiro atoms. The fraction of sp³-hybridized carbons (Fsp3) is 0.500. The molecule has 1 saturated heterocycles. The average molecular weight is 233 g/mol. The molecule has 2 rings (SSSR count). The first-order valence-corrected chi connectivity index (χ1v) is 6.12. The van der Waals surface area contributed by atoms with Crippen LogP contribution in [0.4, 0.5) is 0 Å². The van der Waals surface area contributed by atoms with Gasteiger partial charge in [0.15, 0.2) is 12.5 Å². The lowest BCUT2D eigenvalue weighted by Gasteiger charge is -2.19. The Labute approximate surface area is 102 Å². The molecule has 92 valence electrons. The lowest BCUT2D eigenvalue weighted by atomic mass is 9.95. The van der Waals surface area contributed by atoms with Gasteiger partial charge in [-0.05, 0) is 17.9 Å². The summed E-state index contributed by atoms with van der Waals surface area (Å²) in [6.07, 6.45) is 1.35. The Bertz CT molecular complexity index is 364. The molecule has 0 saturated carbocycles. The van der Waals surface area contributed by atoms with Crippen molar-refractivity contribution in [3.8, 4) is 0 Å². The molecule has 1 heterocycles. The Morgan fingerprint density at radius 2 is 2.06 bits per heavy atom.